The fraction of sp³-hybridized carbons (Fsp3) is 0.0588. The number of anilines is 2. The van der Waals surface area contributed by atoms with E-state index in [1.807, 2.05) is 36.4 Å². The number of thiophene rings is 1. The lowest BCUT2D eigenvalue weighted by atomic mass is 10.2. The van der Waals surface area contributed by atoms with Crippen molar-refractivity contribution in [3.05, 3.63) is 55.3 Å². The molecule has 0 saturated heterocycles. The lowest BCUT2D eigenvalue weighted by Crippen LogP contribution is -1.94. The van der Waals surface area contributed by atoms with Crippen LogP contribution >= 0.6 is 11.3 Å². The topological polar surface area (TPSA) is 60.2 Å². The Balaban J connectivity index is 1.74. The molecule has 3 heterocycles. The molecule has 4 aromatic rings. The van der Waals surface area contributed by atoms with Gasteiger partial charge in [0.2, 0.25) is 0 Å². The molecule has 5 nitrogen and oxygen atoms in total. The quantitative estimate of drug-likeness (QED) is 0.589. The first-order valence-corrected chi connectivity index (χ1v) is 7.83. The molecule has 0 atom stereocenters. The van der Waals surface area contributed by atoms with Gasteiger partial charge in [0.25, 0.3) is 0 Å². The summed E-state index contributed by atoms with van der Waals surface area (Å²) in [5, 5.41) is 3.34. The summed E-state index contributed by atoms with van der Waals surface area (Å²) in [4.78, 5) is 9.83. The first-order chi connectivity index (χ1) is 11.3. The van der Waals surface area contributed by atoms with Crippen LogP contribution in [0.4, 0.5) is 11.5 Å². The third-order valence-corrected chi connectivity index (χ3v) is 4.63. The van der Waals surface area contributed by atoms with E-state index in [4.69, 9.17) is 9.15 Å². The second kappa shape index (κ2) is 5.73. The highest BCUT2D eigenvalue weighted by Gasteiger charge is 2.11. The van der Waals surface area contributed by atoms with E-state index in [0.29, 0.717) is 0 Å². The van der Waals surface area contributed by atoms with E-state index in [2.05, 4.69) is 15.3 Å². The van der Waals surface area contributed by atoms with Gasteiger partial charge in [-0.05, 0) is 24.3 Å². The highest BCUT2D eigenvalue weighted by molar-refractivity contribution is 7.22. The molecule has 3 aromatic heterocycles. The van der Waals surface area contributed by atoms with E-state index >= 15 is 0 Å². The number of rotatable bonds is 4. The Morgan fingerprint density at radius 2 is 2.13 bits per heavy atom. The van der Waals surface area contributed by atoms with Gasteiger partial charge in [0, 0.05) is 22.2 Å². The zero-order valence-corrected chi connectivity index (χ0v) is 13.1. The number of aromatic nitrogens is 2. The summed E-state index contributed by atoms with van der Waals surface area (Å²) in [5.74, 6) is 1.58. The maximum atomic E-state index is 5.25. The van der Waals surface area contributed by atoms with Crippen LogP contribution in [0.15, 0.2) is 59.7 Å². The fourth-order valence-corrected chi connectivity index (χ4v) is 3.37. The maximum Gasteiger partial charge on any atom is 0.151 e. The predicted octanol–water partition coefficient (Wildman–Crippen LogP) is 4.70. The van der Waals surface area contributed by atoms with Crippen LogP contribution in [-0.4, -0.2) is 17.1 Å². The standard InChI is InChI=1S/C17H13N3O2S/c1-21-13-4-2-3-12(7-13)20-17-16-14(18-10-19-17)8-15(23-16)11-5-6-22-9-11/h2-10H,1H3,(H,18,19,20). The van der Waals surface area contributed by atoms with Crippen molar-refractivity contribution in [3.8, 4) is 16.2 Å². The van der Waals surface area contributed by atoms with Gasteiger partial charge in [0.15, 0.2) is 5.82 Å². The number of nitrogens with one attached hydrogen (secondary N) is 1. The molecule has 1 N–H and O–H groups in total. The van der Waals surface area contributed by atoms with Crippen molar-refractivity contribution in [3.63, 3.8) is 0 Å². The van der Waals surface area contributed by atoms with E-state index in [-0.39, 0.29) is 0 Å². The van der Waals surface area contributed by atoms with Crippen LogP contribution in [0.1, 0.15) is 0 Å². The molecule has 0 amide bonds. The summed E-state index contributed by atoms with van der Waals surface area (Å²) in [6, 6.07) is 11.7. The largest absolute Gasteiger partial charge is 0.497 e. The minimum Gasteiger partial charge on any atom is -0.497 e. The molecule has 4 rings (SSSR count). The zero-order valence-electron chi connectivity index (χ0n) is 12.3. The van der Waals surface area contributed by atoms with Gasteiger partial charge < -0.3 is 14.5 Å². The third-order valence-electron chi connectivity index (χ3n) is 3.45. The Bertz CT molecular complexity index is 948. The van der Waals surface area contributed by atoms with Gasteiger partial charge in [0.1, 0.15) is 12.1 Å². The van der Waals surface area contributed by atoms with Gasteiger partial charge in [0.05, 0.1) is 29.9 Å². The molecular weight excluding hydrogens is 310 g/mol. The SMILES string of the molecule is COc1cccc(Nc2ncnc3cc(-c4ccoc4)sc23)c1. The Kier molecular flexibility index (Phi) is 3.44. The van der Waals surface area contributed by atoms with E-state index < -0.39 is 0 Å². The molecule has 1 aromatic carbocycles. The van der Waals surface area contributed by atoms with E-state index in [1.54, 1.807) is 37.3 Å². The van der Waals surface area contributed by atoms with Gasteiger partial charge in [-0.1, -0.05) is 6.07 Å². The van der Waals surface area contributed by atoms with Crippen molar-refractivity contribution in [2.24, 2.45) is 0 Å². The summed E-state index contributed by atoms with van der Waals surface area (Å²) in [5.41, 5.74) is 2.87. The Labute approximate surface area is 136 Å². The molecule has 0 aliphatic heterocycles. The molecule has 0 saturated carbocycles. The van der Waals surface area contributed by atoms with E-state index in [0.717, 1.165) is 37.9 Å². The third kappa shape index (κ3) is 2.64. The first-order valence-electron chi connectivity index (χ1n) is 7.02. The highest BCUT2D eigenvalue weighted by Crippen LogP contribution is 2.36. The summed E-state index contributed by atoms with van der Waals surface area (Å²) in [6.45, 7) is 0. The number of fused-ring (bicyclic) bond motifs is 1. The van der Waals surface area contributed by atoms with Crippen molar-refractivity contribution >= 4 is 33.1 Å². The van der Waals surface area contributed by atoms with Gasteiger partial charge in [-0.2, -0.15) is 0 Å². The van der Waals surface area contributed by atoms with Crippen molar-refractivity contribution in [1.82, 2.24) is 9.97 Å². The van der Waals surface area contributed by atoms with Crippen molar-refractivity contribution in [2.75, 3.05) is 12.4 Å². The number of methoxy groups -OCH3 is 1. The smallest absolute Gasteiger partial charge is 0.151 e. The molecular formula is C17H13N3O2S. The van der Waals surface area contributed by atoms with Gasteiger partial charge in [-0.25, -0.2) is 9.97 Å². The van der Waals surface area contributed by atoms with Gasteiger partial charge in [-0.3, -0.25) is 0 Å². The molecule has 0 aliphatic rings. The molecule has 0 bridgehead atoms. The van der Waals surface area contributed by atoms with Crippen molar-refractivity contribution < 1.29 is 9.15 Å². The second-order valence-electron chi connectivity index (χ2n) is 4.92. The van der Waals surface area contributed by atoms with Gasteiger partial charge in [-0.15, -0.1) is 11.3 Å². The van der Waals surface area contributed by atoms with Crippen molar-refractivity contribution in [2.45, 2.75) is 0 Å². The minimum absolute atomic E-state index is 0.781. The molecule has 0 fully saturated rings. The Hall–Kier alpha value is -2.86. The van der Waals surface area contributed by atoms with Crippen LogP contribution in [-0.2, 0) is 0 Å². The molecule has 23 heavy (non-hydrogen) atoms. The molecule has 0 spiro atoms. The van der Waals surface area contributed by atoms with Crippen LogP contribution in [0, 0.1) is 0 Å². The summed E-state index contributed by atoms with van der Waals surface area (Å²) < 4.78 is 11.4. The van der Waals surface area contributed by atoms with Crippen LogP contribution in [0.25, 0.3) is 20.7 Å². The normalized spacial score (nSPS) is 10.8. The average molecular weight is 323 g/mol. The predicted molar refractivity (Wildman–Crippen MR) is 91.4 cm³/mol. The maximum absolute atomic E-state index is 5.25. The number of furan rings is 1. The molecule has 0 radical (unpaired) electrons. The van der Waals surface area contributed by atoms with Crippen LogP contribution in [0.5, 0.6) is 5.75 Å². The zero-order chi connectivity index (χ0) is 15.6. The molecule has 114 valence electrons. The summed E-state index contributed by atoms with van der Waals surface area (Å²) in [6.07, 6.45) is 4.96. The lowest BCUT2D eigenvalue weighted by molar-refractivity contribution is 0.415. The van der Waals surface area contributed by atoms with Crippen LogP contribution < -0.4 is 10.1 Å². The molecule has 0 aliphatic carbocycles. The highest BCUT2D eigenvalue weighted by atomic mass is 32.1. The Morgan fingerprint density at radius 1 is 1.17 bits per heavy atom. The molecule has 6 heteroatoms. The second-order valence-corrected chi connectivity index (χ2v) is 5.97. The Morgan fingerprint density at radius 3 is 2.96 bits per heavy atom. The number of ether oxygens (including phenoxy) is 1. The van der Waals surface area contributed by atoms with Crippen LogP contribution in [0.3, 0.4) is 0 Å². The lowest BCUT2D eigenvalue weighted by Gasteiger charge is -2.07. The first kappa shape index (κ1) is 13.8. The average Bonchev–Trinajstić information content (AvgIpc) is 3.24. The molecule has 0 unspecified atom stereocenters. The summed E-state index contributed by atoms with van der Waals surface area (Å²) >= 11 is 1.63. The number of hydrogen-bond acceptors (Lipinski definition) is 6. The number of benzene rings is 1. The number of hydrogen-bond donors (Lipinski definition) is 1. The van der Waals surface area contributed by atoms with Gasteiger partial charge >= 0.3 is 0 Å². The number of nitrogens with zero attached hydrogens (tertiary/aromatic N) is 2. The van der Waals surface area contributed by atoms with Crippen molar-refractivity contribution in [1.29, 1.82) is 0 Å². The fourth-order valence-electron chi connectivity index (χ4n) is 2.33. The minimum atomic E-state index is 0.781. The van der Waals surface area contributed by atoms with E-state index in [1.165, 1.54) is 0 Å². The van der Waals surface area contributed by atoms with Crippen LogP contribution in [0.2, 0.25) is 0 Å². The summed E-state index contributed by atoms with van der Waals surface area (Å²) in [7, 11) is 1.65. The van der Waals surface area contributed by atoms with E-state index in [9.17, 15) is 0 Å². The monoisotopic (exact) mass is 323 g/mol.